The van der Waals surface area contributed by atoms with Gasteiger partial charge in [-0.2, -0.15) is 0 Å². The molecule has 0 saturated carbocycles. The van der Waals surface area contributed by atoms with Gasteiger partial charge in [0.15, 0.2) is 5.65 Å². The molecule has 3 rings (SSSR count). The molecule has 1 N–H and O–H groups in total. The number of hydrogen-bond donors (Lipinski definition) is 1. The predicted molar refractivity (Wildman–Crippen MR) is 87.0 cm³/mol. The molecule has 22 heavy (non-hydrogen) atoms. The van der Waals surface area contributed by atoms with Crippen LogP contribution in [-0.4, -0.2) is 19.1 Å². The van der Waals surface area contributed by atoms with E-state index in [1.807, 2.05) is 13.8 Å². The highest BCUT2D eigenvalue weighted by molar-refractivity contribution is 5.75. The molecule has 6 nitrogen and oxygen atoms in total. The van der Waals surface area contributed by atoms with Crippen molar-refractivity contribution in [3.63, 3.8) is 0 Å². The van der Waals surface area contributed by atoms with Crippen LogP contribution in [0.5, 0.6) is 0 Å². The highest BCUT2D eigenvalue weighted by Crippen LogP contribution is 2.26. The Morgan fingerprint density at radius 3 is 2.55 bits per heavy atom. The van der Waals surface area contributed by atoms with Crippen LogP contribution in [0.3, 0.4) is 0 Å². The summed E-state index contributed by atoms with van der Waals surface area (Å²) < 4.78 is 2.95. The molecule has 0 aromatic carbocycles. The number of aromatic nitrogens is 4. The molecule has 1 aliphatic rings. The number of aryl methyl sites for hydroxylation is 1. The maximum atomic E-state index is 12.6. The summed E-state index contributed by atoms with van der Waals surface area (Å²) in [6.07, 6.45) is 6.87. The second kappa shape index (κ2) is 5.94. The molecule has 2 aromatic rings. The van der Waals surface area contributed by atoms with E-state index in [0.717, 1.165) is 43.5 Å². The lowest BCUT2D eigenvalue weighted by atomic mass is 10.2. The number of fused-ring (bicyclic) bond motifs is 1. The summed E-state index contributed by atoms with van der Waals surface area (Å²) in [5.74, 6) is 0.739. The Labute approximate surface area is 128 Å². The van der Waals surface area contributed by atoms with Gasteiger partial charge in [0, 0.05) is 13.1 Å². The minimum atomic E-state index is -0.258. The Kier molecular flexibility index (Phi) is 4.00. The Bertz CT molecular complexity index is 838. The van der Waals surface area contributed by atoms with Gasteiger partial charge >= 0.3 is 5.69 Å². The van der Waals surface area contributed by atoms with Crippen molar-refractivity contribution in [1.82, 2.24) is 19.1 Å². The van der Waals surface area contributed by atoms with Crippen LogP contribution in [0, 0.1) is 0 Å². The number of allylic oxidation sites excluding steroid dienone is 2. The summed E-state index contributed by atoms with van der Waals surface area (Å²) in [5.41, 5.74) is 1.58. The fourth-order valence-electron chi connectivity index (χ4n) is 3.05. The monoisotopic (exact) mass is 302 g/mol. The zero-order valence-electron chi connectivity index (χ0n) is 13.2. The normalized spacial score (nSPS) is 14.7. The number of H-pyrrole nitrogens is 1. The number of imidazole rings is 1. The molecule has 0 radical (unpaired) electrons. The lowest BCUT2D eigenvalue weighted by molar-refractivity contribution is 0.555. The molecular formula is C16H22N4O2. The Hall–Kier alpha value is -2.11. The maximum absolute atomic E-state index is 12.6. The second-order valence-electron chi connectivity index (χ2n) is 5.80. The van der Waals surface area contributed by atoms with E-state index >= 15 is 0 Å². The summed E-state index contributed by atoms with van der Waals surface area (Å²) in [6.45, 7) is 4.99. The van der Waals surface area contributed by atoms with Crippen LogP contribution in [0.15, 0.2) is 15.7 Å². The van der Waals surface area contributed by atoms with Crippen LogP contribution in [0.1, 0.15) is 51.8 Å². The van der Waals surface area contributed by atoms with Gasteiger partial charge in [-0.15, -0.1) is 0 Å². The standard InChI is InChI=1S/C16H22N4O2/c1-3-9-19-14-12(15(21)20(10-4-2)16(19)22)17-13(18-14)11-7-5-6-8-11/h7H,3-6,8-10H2,1-2H3,(H,17,18). The van der Waals surface area contributed by atoms with Gasteiger partial charge in [0.1, 0.15) is 11.3 Å². The molecule has 0 spiro atoms. The lowest BCUT2D eigenvalue weighted by Crippen LogP contribution is -2.40. The molecule has 6 heteroatoms. The molecule has 0 amide bonds. The summed E-state index contributed by atoms with van der Waals surface area (Å²) in [5, 5.41) is 0. The average molecular weight is 302 g/mol. The number of rotatable bonds is 5. The van der Waals surface area contributed by atoms with Gasteiger partial charge < -0.3 is 4.98 Å². The van der Waals surface area contributed by atoms with Gasteiger partial charge in [0.2, 0.25) is 0 Å². The van der Waals surface area contributed by atoms with Crippen molar-refractivity contribution in [2.45, 2.75) is 59.0 Å². The van der Waals surface area contributed by atoms with E-state index in [1.54, 1.807) is 4.57 Å². The number of hydrogen-bond acceptors (Lipinski definition) is 3. The van der Waals surface area contributed by atoms with Gasteiger partial charge in [-0.05, 0) is 37.7 Å². The Balaban J connectivity index is 2.28. The molecule has 0 atom stereocenters. The van der Waals surface area contributed by atoms with Crippen molar-refractivity contribution < 1.29 is 0 Å². The first-order chi connectivity index (χ1) is 10.7. The van der Waals surface area contributed by atoms with Crippen LogP contribution in [0.4, 0.5) is 0 Å². The molecule has 0 aliphatic heterocycles. The van der Waals surface area contributed by atoms with E-state index in [2.05, 4.69) is 16.0 Å². The van der Waals surface area contributed by atoms with Crippen molar-refractivity contribution in [3.8, 4) is 0 Å². The van der Waals surface area contributed by atoms with E-state index in [9.17, 15) is 9.59 Å². The Morgan fingerprint density at radius 2 is 1.91 bits per heavy atom. The van der Waals surface area contributed by atoms with Crippen molar-refractivity contribution >= 4 is 16.7 Å². The molecule has 0 unspecified atom stereocenters. The van der Waals surface area contributed by atoms with Gasteiger partial charge in [0.25, 0.3) is 5.56 Å². The van der Waals surface area contributed by atoms with E-state index < -0.39 is 0 Å². The largest absolute Gasteiger partial charge is 0.332 e. The van der Waals surface area contributed by atoms with E-state index in [1.165, 1.54) is 4.57 Å². The number of aromatic amines is 1. The number of nitrogens with zero attached hydrogens (tertiary/aromatic N) is 3. The van der Waals surface area contributed by atoms with Gasteiger partial charge in [-0.1, -0.05) is 19.9 Å². The van der Waals surface area contributed by atoms with Crippen LogP contribution >= 0.6 is 0 Å². The molecule has 2 aromatic heterocycles. The topological polar surface area (TPSA) is 72.7 Å². The van der Waals surface area contributed by atoms with Crippen molar-refractivity contribution in [2.24, 2.45) is 0 Å². The lowest BCUT2D eigenvalue weighted by Gasteiger charge is -2.09. The first-order valence-electron chi connectivity index (χ1n) is 8.10. The molecule has 1 aliphatic carbocycles. The van der Waals surface area contributed by atoms with Crippen LogP contribution in [0.25, 0.3) is 16.7 Å². The minimum Gasteiger partial charge on any atom is -0.332 e. The van der Waals surface area contributed by atoms with E-state index in [4.69, 9.17) is 0 Å². The summed E-state index contributed by atoms with van der Waals surface area (Å²) >= 11 is 0. The van der Waals surface area contributed by atoms with Crippen molar-refractivity contribution in [3.05, 3.63) is 32.7 Å². The van der Waals surface area contributed by atoms with E-state index in [0.29, 0.717) is 24.3 Å². The molecule has 0 bridgehead atoms. The average Bonchev–Trinajstić information content (AvgIpc) is 3.16. The minimum absolute atomic E-state index is 0.250. The zero-order valence-corrected chi connectivity index (χ0v) is 13.2. The van der Waals surface area contributed by atoms with Gasteiger partial charge in [-0.3, -0.25) is 13.9 Å². The molecule has 2 heterocycles. The van der Waals surface area contributed by atoms with Gasteiger partial charge in [0.05, 0.1) is 0 Å². The summed E-state index contributed by atoms with van der Waals surface area (Å²) in [4.78, 5) is 32.9. The summed E-state index contributed by atoms with van der Waals surface area (Å²) in [6, 6.07) is 0. The molecular weight excluding hydrogens is 280 g/mol. The SMILES string of the molecule is CCCn1c(=O)c2[nH]c(C3=CCCC3)nc2n(CCC)c1=O. The molecule has 118 valence electrons. The quantitative estimate of drug-likeness (QED) is 0.921. The van der Waals surface area contributed by atoms with Crippen LogP contribution < -0.4 is 11.2 Å². The first kappa shape index (κ1) is 14.8. The van der Waals surface area contributed by atoms with Crippen LogP contribution in [0.2, 0.25) is 0 Å². The molecule has 0 fully saturated rings. The van der Waals surface area contributed by atoms with Crippen molar-refractivity contribution in [2.75, 3.05) is 0 Å². The second-order valence-corrected chi connectivity index (χ2v) is 5.80. The predicted octanol–water partition coefficient (Wildman–Crippen LogP) is 2.27. The third kappa shape index (κ3) is 2.32. The zero-order chi connectivity index (χ0) is 15.7. The fraction of sp³-hybridized carbons (Fsp3) is 0.562. The third-order valence-corrected chi connectivity index (χ3v) is 4.10. The Morgan fingerprint density at radius 1 is 1.18 bits per heavy atom. The third-order valence-electron chi connectivity index (χ3n) is 4.10. The smallest absolute Gasteiger partial charge is 0.332 e. The fourth-order valence-corrected chi connectivity index (χ4v) is 3.05. The van der Waals surface area contributed by atoms with Crippen molar-refractivity contribution in [1.29, 1.82) is 0 Å². The first-order valence-corrected chi connectivity index (χ1v) is 8.10. The maximum Gasteiger partial charge on any atom is 0.332 e. The van der Waals surface area contributed by atoms with Gasteiger partial charge in [-0.25, -0.2) is 9.78 Å². The molecule has 0 saturated heterocycles. The van der Waals surface area contributed by atoms with Crippen LogP contribution in [-0.2, 0) is 13.1 Å². The highest BCUT2D eigenvalue weighted by atomic mass is 16.2. The summed E-state index contributed by atoms with van der Waals surface area (Å²) in [7, 11) is 0. The van der Waals surface area contributed by atoms with E-state index in [-0.39, 0.29) is 11.2 Å². The number of nitrogens with one attached hydrogen (secondary N) is 1. The highest BCUT2D eigenvalue weighted by Gasteiger charge is 2.18.